The molecule has 0 aromatic heterocycles. The van der Waals surface area contributed by atoms with Crippen LogP contribution in [0.4, 0.5) is 0 Å². The molecule has 1 N–H and O–H groups in total. The zero-order valence-electron chi connectivity index (χ0n) is 12.0. The molecular weight excluding hydrogens is 330 g/mol. The minimum absolute atomic E-state index is 0.393. The van der Waals surface area contributed by atoms with Gasteiger partial charge in [-0.15, -0.1) is 0 Å². The van der Waals surface area contributed by atoms with Crippen LogP contribution < -0.4 is 10.1 Å². The van der Waals surface area contributed by atoms with Crippen LogP contribution in [0.3, 0.4) is 0 Å². The molecule has 1 atom stereocenters. The molecule has 3 rings (SSSR count). The Bertz CT molecular complexity index is 596. The van der Waals surface area contributed by atoms with Crippen LogP contribution in [0.5, 0.6) is 5.75 Å². The van der Waals surface area contributed by atoms with Crippen molar-refractivity contribution in [2.45, 2.75) is 18.9 Å². The second-order valence-electron chi connectivity index (χ2n) is 5.34. The molecule has 1 aliphatic heterocycles. The average molecular weight is 350 g/mol. The van der Waals surface area contributed by atoms with Gasteiger partial charge in [-0.2, -0.15) is 0 Å². The van der Waals surface area contributed by atoms with Gasteiger partial charge in [0, 0.05) is 24.2 Å². The number of nitrogens with one attached hydrogen (secondary N) is 1. The van der Waals surface area contributed by atoms with Gasteiger partial charge in [-0.3, -0.25) is 0 Å². The highest BCUT2D eigenvalue weighted by Crippen LogP contribution is 2.24. The third kappa shape index (κ3) is 4.19. The molecule has 0 spiro atoms. The van der Waals surface area contributed by atoms with E-state index in [9.17, 15) is 0 Å². The molecular formula is C17H20BrNO2. The van der Waals surface area contributed by atoms with Gasteiger partial charge in [-0.05, 0) is 47.9 Å². The molecule has 1 fully saturated rings. The summed E-state index contributed by atoms with van der Waals surface area (Å²) in [5.41, 5.74) is 0. The first-order valence-electron chi connectivity index (χ1n) is 7.46. The number of rotatable bonds is 6. The van der Waals surface area contributed by atoms with Gasteiger partial charge >= 0.3 is 0 Å². The molecule has 2 aromatic rings. The molecule has 2 aromatic carbocycles. The Morgan fingerprint density at radius 2 is 2.05 bits per heavy atom. The van der Waals surface area contributed by atoms with Crippen LogP contribution in [0.15, 0.2) is 40.9 Å². The van der Waals surface area contributed by atoms with Crippen molar-refractivity contribution in [2.75, 3.05) is 26.3 Å². The summed E-state index contributed by atoms with van der Waals surface area (Å²) in [7, 11) is 0. The number of benzene rings is 2. The fourth-order valence-electron chi connectivity index (χ4n) is 2.59. The second-order valence-corrected chi connectivity index (χ2v) is 6.26. The predicted molar refractivity (Wildman–Crippen MR) is 89.0 cm³/mol. The Morgan fingerprint density at radius 3 is 2.90 bits per heavy atom. The summed E-state index contributed by atoms with van der Waals surface area (Å²) >= 11 is 3.49. The molecule has 112 valence electrons. The quantitative estimate of drug-likeness (QED) is 0.805. The third-order valence-corrected chi connectivity index (χ3v) is 4.21. The Hall–Kier alpha value is -1.10. The van der Waals surface area contributed by atoms with E-state index in [-0.39, 0.29) is 0 Å². The summed E-state index contributed by atoms with van der Waals surface area (Å²) in [4.78, 5) is 0. The van der Waals surface area contributed by atoms with Crippen LogP contribution in [0, 0.1) is 0 Å². The standard InChI is InChI=1S/C17H20BrNO2/c18-15-5-3-14-11-16(6-4-13(14)10-15)21-9-7-19-12-17-2-1-8-20-17/h3-6,10-11,17,19H,1-2,7-9,12H2. The maximum absolute atomic E-state index is 5.79. The molecule has 1 unspecified atom stereocenters. The van der Waals surface area contributed by atoms with Gasteiger partial charge in [0.2, 0.25) is 0 Å². The maximum atomic E-state index is 5.79. The van der Waals surface area contributed by atoms with Gasteiger partial charge < -0.3 is 14.8 Å². The highest BCUT2D eigenvalue weighted by atomic mass is 79.9. The van der Waals surface area contributed by atoms with Gasteiger partial charge in [0.15, 0.2) is 0 Å². The molecule has 0 saturated carbocycles. The topological polar surface area (TPSA) is 30.5 Å². The minimum atomic E-state index is 0.393. The van der Waals surface area contributed by atoms with Crippen LogP contribution in [0.2, 0.25) is 0 Å². The summed E-state index contributed by atoms with van der Waals surface area (Å²) in [6, 6.07) is 12.5. The van der Waals surface area contributed by atoms with E-state index < -0.39 is 0 Å². The summed E-state index contributed by atoms with van der Waals surface area (Å²) in [6.45, 7) is 3.36. The largest absolute Gasteiger partial charge is 0.492 e. The van der Waals surface area contributed by atoms with Crippen molar-refractivity contribution >= 4 is 26.7 Å². The van der Waals surface area contributed by atoms with Crippen molar-refractivity contribution in [3.8, 4) is 5.75 Å². The van der Waals surface area contributed by atoms with E-state index in [1.54, 1.807) is 0 Å². The van der Waals surface area contributed by atoms with Crippen LogP contribution >= 0.6 is 15.9 Å². The van der Waals surface area contributed by atoms with Crippen molar-refractivity contribution in [1.82, 2.24) is 5.32 Å². The molecule has 1 aliphatic rings. The predicted octanol–water partition coefficient (Wildman–Crippen LogP) is 3.75. The molecule has 1 saturated heterocycles. The van der Waals surface area contributed by atoms with E-state index in [1.165, 1.54) is 23.6 Å². The van der Waals surface area contributed by atoms with Crippen molar-refractivity contribution < 1.29 is 9.47 Å². The smallest absolute Gasteiger partial charge is 0.120 e. The molecule has 0 aliphatic carbocycles. The summed E-state index contributed by atoms with van der Waals surface area (Å²) < 4.78 is 12.5. The van der Waals surface area contributed by atoms with Gasteiger partial charge in [0.1, 0.15) is 12.4 Å². The molecule has 4 heteroatoms. The van der Waals surface area contributed by atoms with Crippen molar-refractivity contribution in [2.24, 2.45) is 0 Å². The number of fused-ring (bicyclic) bond motifs is 1. The number of ether oxygens (including phenoxy) is 2. The third-order valence-electron chi connectivity index (χ3n) is 3.72. The lowest BCUT2D eigenvalue weighted by Crippen LogP contribution is -2.29. The fraction of sp³-hybridized carbons (Fsp3) is 0.412. The maximum Gasteiger partial charge on any atom is 0.120 e. The van der Waals surface area contributed by atoms with E-state index in [4.69, 9.17) is 9.47 Å². The minimum Gasteiger partial charge on any atom is -0.492 e. The number of hydrogen-bond acceptors (Lipinski definition) is 3. The van der Waals surface area contributed by atoms with E-state index in [0.29, 0.717) is 12.7 Å². The van der Waals surface area contributed by atoms with Gasteiger partial charge in [0.25, 0.3) is 0 Å². The number of halogens is 1. The summed E-state index contributed by atoms with van der Waals surface area (Å²) in [6.07, 6.45) is 2.76. The van der Waals surface area contributed by atoms with Crippen molar-refractivity contribution in [3.05, 3.63) is 40.9 Å². The lowest BCUT2D eigenvalue weighted by Gasteiger charge is -2.11. The fourth-order valence-corrected chi connectivity index (χ4v) is 2.97. The van der Waals surface area contributed by atoms with E-state index in [1.807, 2.05) is 6.07 Å². The zero-order chi connectivity index (χ0) is 14.5. The summed E-state index contributed by atoms with van der Waals surface area (Å²) in [5.74, 6) is 0.920. The Labute approximate surface area is 133 Å². The van der Waals surface area contributed by atoms with Crippen LogP contribution in [-0.2, 0) is 4.74 Å². The first-order valence-corrected chi connectivity index (χ1v) is 8.25. The average Bonchev–Trinajstić information content (AvgIpc) is 3.00. The Kier molecular flexibility index (Phi) is 5.12. The Balaban J connectivity index is 1.45. The van der Waals surface area contributed by atoms with Gasteiger partial charge in [0.05, 0.1) is 6.10 Å². The highest BCUT2D eigenvalue weighted by Gasteiger charge is 2.14. The van der Waals surface area contributed by atoms with Gasteiger partial charge in [-0.25, -0.2) is 0 Å². The SMILES string of the molecule is Brc1ccc2cc(OCCNCC3CCCO3)ccc2c1. The lowest BCUT2D eigenvalue weighted by molar-refractivity contribution is 0.109. The number of hydrogen-bond donors (Lipinski definition) is 1. The van der Waals surface area contributed by atoms with E-state index >= 15 is 0 Å². The zero-order valence-corrected chi connectivity index (χ0v) is 13.6. The molecule has 0 radical (unpaired) electrons. The summed E-state index contributed by atoms with van der Waals surface area (Å²) in [5, 5.41) is 5.80. The van der Waals surface area contributed by atoms with Crippen LogP contribution in [0.25, 0.3) is 10.8 Å². The normalized spacial score (nSPS) is 18.2. The molecule has 3 nitrogen and oxygen atoms in total. The first kappa shape index (κ1) is 14.8. The van der Waals surface area contributed by atoms with Crippen molar-refractivity contribution in [1.29, 1.82) is 0 Å². The Morgan fingerprint density at radius 1 is 1.19 bits per heavy atom. The molecule has 0 bridgehead atoms. The van der Waals surface area contributed by atoms with Crippen LogP contribution in [-0.4, -0.2) is 32.4 Å². The second kappa shape index (κ2) is 7.25. The first-order chi connectivity index (χ1) is 10.3. The molecule has 0 amide bonds. The lowest BCUT2D eigenvalue weighted by atomic mass is 10.1. The molecule has 1 heterocycles. The van der Waals surface area contributed by atoms with Crippen molar-refractivity contribution in [3.63, 3.8) is 0 Å². The monoisotopic (exact) mass is 349 g/mol. The molecule has 21 heavy (non-hydrogen) atoms. The van der Waals surface area contributed by atoms with E-state index in [0.717, 1.165) is 29.9 Å². The van der Waals surface area contributed by atoms with Gasteiger partial charge in [-0.1, -0.05) is 28.1 Å². The van der Waals surface area contributed by atoms with E-state index in [2.05, 4.69) is 51.6 Å². The van der Waals surface area contributed by atoms with Crippen LogP contribution in [0.1, 0.15) is 12.8 Å². The highest BCUT2D eigenvalue weighted by molar-refractivity contribution is 9.10.